The molecular weight excluding hydrogens is 342 g/mol. The van der Waals surface area contributed by atoms with Gasteiger partial charge in [-0.2, -0.15) is 0 Å². The number of nitrogens with one attached hydrogen (secondary N) is 1. The molecule has 138 valence electrons. The molecule has 0 aromatic heterocycles. The molecule has 1 aromatic carbocycles. The second kappa shape index (κ2) is 6.44. The molecule has 0 saturated heterocycles. The van der Waals surface area contributed by atoms with Crippen molar-refractivity contribution in [2.24, 2.45) is 0 Å². The Hall–Kier alpha value is -1.89. The summed E-state index contributed by atoms with van der Waals surface area (Å²) in [4.78, 5) is 24.1. The smallest absolute Gasteiger partial charge is 0.408 e. The minimum absolute atomic E-state index is 0.106. The van der Waals surface area contributed by atoms with Crippen LogP contribution in [0.5, 0.6) is 0 Å². The number of rotatable bonds is 5. The average Bonchev–Trinajstić information content (AvgIpc) is 3.15. The Morgan fingerprint density at radius 3 is 2.28 bits per heavy atom. The lowest BCUT2D eigenvalue weighted by molar-refractivity contribution is -0.110. The van der Waals surface area contributed by atoms with Crippen LogP contribution in [0.15, 0.2) is 24.3 Å². The fraction of sp³-hybridized carbons (Fsp3) is 0.556. The highest BCUT2D eigenvalue weighted by molar-refractivity contribution is 7.92. The van der Waals surface area contributed by atoms with Crippen LogP contribution in [0.25, 0.3) is 0 Å². The van der Waals surface area contributed by atoms with Gasteiger partial charge < -0.3 is 14.8 Å². The molecule has 0 heterocycles. The highest BCUT2D eigenvalue weighted by atomic mass is 32.2. The number of amides is 1. The Morgan fingerprint density at radius 2 is 1.84 bits per heavy atom. The van der Waals surface area contributed by atoms with Crippen molar-refractivity contribution in [3.05, 3.63) is 35.4 Å². The normalized spacial score (nSPS) is 26.0. The summed E-state index contributed by atoms with van der Waals surface area (Å²) in [5.41, 5.74) is -0.513. The Morgan fingerprint density at radius 1 is 1.28 bits per heavy atom. The highest BCUT2D eigenvalue weighted by Gasteiger charge is 2.72. The Labute approximate surface area is 148 Å². The summed E-state index contributed by atoms with van der Waals surface area (Å²) in [6.45, 7) is 8.55. The Kier molecular flexibility index (Phi) is 5.01. The average molecular weight is 367 g/mol. The van der Waals surface area contributed by atoms with Gasteiger partial charge in [0.1, 0.15) is 22.7 Å². The first-order valence-corrected chi connectivity index (χ1v) is 9.94. The molecule has 0 spiro atoms. The van der Waals surface area contributed by atoms with Crippen molar-refractivity contribution in [3.8, 4) is 0 Å². The van der Waals surface area contributed by atoms with E-state index in [1.807, 2.05) is 19.1 Å². The lowest BCUT2D eigenvalue weighted by Gasteiger charge is -2.22. The van der Waals surface area contributed by atoms with Crippen molar-refractivity contribution in [1.82, 2.24) is 5.32 Å². The van der Waals surface area contributed by atoms with Crippen molar-refractivity contribution < 1.29 is 22.7 Å². The van der Waals surface area contributed by atoms with E-state index in [0.29, 0.717) is 11.8 Å². The van der Waals surface area contributed by atoms with Gasteiger partial charge in [-0.25, -0.2) is 13.2 Å². The molecule has 0 aliphatic heterocycles. The molecule has 1 aliphatic carbocycles. The van der Waals surface area contributed by atoms with Crippen LogP contribution in [0.2, 0.25) is 0 Å². The molecule has 7 heteroatoms. The number of hydrogen-bond acceptors (Lipinski definition) is 5. The number of carbonyl (C=O) groups excluding carboxylic acids is 2. The molecule has 6 nitrogen and oxygen atoms in total. The second-order valence-electron chi connectivity index (χ2n) is 7.44. The minimum Gasteiger partial charge on any atom is -0.444 e. The maximum Gasteiger partial charge on any atom is 0.408 e. The molecule has 0 radical (unpaired) electrons. The third-order valence-electron chi connectivity index (χ3n) is 4.32. The number of carbonyl (C=O) groups is 2. The van der Waals surface area contributed by atoms with E-state index in [1.165, 1.54) is 6.92 Å². The van der Waals surface area contributed by atoms with E-state index in [9.17, 15) is 18.0 Å². The molecule has 0 unspecified atom stereocenters. The zero-order valence-corrected chi connectivity index (χ0v) is 16.0. The molecule has 1 aromatic rings. The van der Waals surface area contributed by atoms with Gasteiger partial charge in [-0.15, -0.1) is 0 Å². The van der Waals surface area contributed by atoms with Crippen molar-refractivity contribution >= 4 is 22.2 Å². The molecule has 1 aliphatic rings. The first-order chi connectivity index (χ1) is 11.5. The van der Waals surface area contributed by atoms with Crippen LogP contribution in [0.3, 0.4) is 0 Å². The Balaban J connectivity index is 2.40. The van der Waals surface area contributed by atoms with Crippen LogP contribution in [0.4, 0.5) is 4.79 Å². The summed E-state index contributed by atoms with van der Waals surface area (Å²) >= 11 is 0. The van der Waals surface area contributed by atoms with Gasteiger partial charge in [-0.05, 0) is 33.3 Å². The molecule has 1 N–H and O–H groups in total. The van der Waals surface area contributed by atoms with Gasteiger partial charge in [-0.1, -0.05) is 36.8 Å². The number of alkyl carbamates (subject to hydrolysis) is 1. The van der Waals surface area contributed by atoms with Crippen molar-refractivity contribution in [1.29, 1.82) is 0 Å². The summed E-state index contributed by atoms with van der Waals surface area (Å²) in [6, 6.07) is 7.29. The predicted molar refractivity (Wildman–Crippen MR) is 95.3 cm³/mol. The molecule has 3 atom stereocenters. The van der Waals surface area contributed by atoms with E-state index in [4.69, 9.17) is 4.74 Å². The quantitative estimate of drug-likeness (QED) is 0.807. The third-order valence-corrected chi connectivity index (χ3v) is 6.56. The topological polar surface area (TPSA) is 89.5 Å². The van der Waals surface area contributed by atoms with Crippen LogP contribution in [0, 0.1) is 6.92 Å². The van der Waals surface area contributed by atoms with Gasteiger partial charge in [0.2, 0.25) is 0 Å². The lowest BCUT2D eigenvalue weighted by Crippen LogP contribution is -2.45. The van der Waals surface area contributed by atoms with Crippen molar-refractivity contribution in [2.75, 3.05) is 5.75 Å². The zero-order valence-electron chi connectivity index (χ0n) is 15.2. The fourth-order valence-electron chi connectivity index (χ4n) is 3.08. The van der Waals surface area contributed by atoms with Crippen LogP contribution in [-0.2, 0) is 19.4 Å². The molecule has 0 bridgehead atoms. The monoisotopic (exact) mass is 367 g/mol. The first kappa shape index (κ1) is 19.4. The van der Waals surface area contributed by atoms with E-state index in [-0.39, 0.29) is 5.75 Å². The summed E-state index contributed by atoms with van der Waals surface area (Å²) in [7, 11) is -3.54. The number of ether oxygens (including phenoxy) is 1. The van der Waals surface area contributed by atoms with Crippen LogP contribution in [0.1, 0.15) is 44.7 Å². The predicted octanol–water partition coefficient (Wildman–Crippen LogP) is 2.36. The van der Waals surface area contributed by atoms with E-state index in [0.717, 1.165) is 5.56 Å². The summed E-state index contributed by atoms with van der Waals surface area (Å²) in [5, 5.41) is 1.53. The Bertz CT molecular complexity index is 764. The number of benzene rings is 1. The summed E-state index contributed by atoms with van der Waals surface area (Å²) in [6.07, 6.45) is -0.273. The van der Waals surface area contributed by atoms with Crippen LogP contribution in [-0.4, -0.2) is 42.9 Å². The molecule has 2 rings (SSSR count). The van der Waals surface area contributed by atoms with Crippen LogP contribution >= 0.6 is 0 Å². The molecular formula is C18H25NO5S. The van der Waals surface area contributed by atoms with Gasteiger partial charge in [0, 0.05) is 11.7 Å². The first-order valence-electron chi connectivity index (χ1n) is 8.22. The molecule has 25 heavy (non-hydrogen) atoms. The van der Waals surface area contributed by atoms with E-state index in [1.54, 1.807) is 32.9 Å². The number of aryl methyl sites for hydroxylation is 1. The summed E-state index contributed by atoms with van der Waals surface area (Å²) in [5.74, 6) is -0.728. The van der Waals surface area contributed by atoms with Gasteiger partial charge in [0.25, 0.3) is 0 Å². The van der Waals surface area contributed by atoms with Crippen LogP contribution < -0.4 is 5.32 Å². The minimum atomic E-state index is -3.54. The zero-order chi connectivity index (χ0) is 19.0. The fourth-order valence-corrected chi connectivity index (χ4v) is 5.01. The maximum absolute atomic E-state index is 12.5. The van der Waals surface area contributed by atoms with E-state index >= 15 is 0 Å². The number of aldehydes is 1. The van der Waals surface area contributed by atoms with E-state index in [2.05, 4.69) is 5.32 Å². The number of sulfone groups is 1. The van der Waals surface area contributed by atoms with Crippen molar-refractivity contribution in [2.45, 2.75) is 56.9 Å². The molecule has 1 saturated carbocycles. The van der Waals surface area contributed by atoms with E-state index < -0.39 is 38.2 Å². The molecule has 1 amide bonds. The maximum atomic E-state index is 12.5. The summed E-state index contributed by atoms with van der Waals surface area (Å²) < 4.78 is 30.2. The highest BCUT2D eigenvalue weighted by Crippen LogP contribution is 2.55. The molecule has 1 fully saturated rings. The van der Waals surface area contributed by atoms with Gasteiger partial charge >= 0.3 is 6.09 Å². The van der Waals surface area contributed by atoms with Crippen molar-refractivity contribution in [3.63, 3.8) is 0 Å². The number of hydrogen-bond donors (Lipinski definition) is 1. The van der Waals surface area contributed by atoms with Gasteiger partial charge in [0.05, 0.1) is 0 Å². The lowest BCUT2D eigenvalue weighted by atomic mass is 10.1. The second-order valence-corrected chi connectivity index (χ2v) is 9.85. The van der Waals surface area contributed by atoms with Gasteiger partial charge in [-0.3, -0.25) is 0 Å². The third kappa shape index (κ3) is 3.86. The largest absolute Gasteiger partial charge is 0.444 e. The van der Waals surface area contributed by atoms with Gasteiger partial charge in [0.15, 0.2) is 9.84 Å². The SMILES string of the molecule is CCS(=O)(=O)[C@@H]1[C@H](c2ccc(C)cc2)[C@]1(C=O)NC(=O)OC(C)(C)C. The standard InChI is InChI=1S/C18H25NO5S/c1-6-25(22,23)15-14(13-9-7-12(2)8-10-13)18(15,11-20)19-16(21)24-17(3,4)5/h7-11,14-15H,6H2,1-5H3,(H,19,21)/t14-,15+,18-/m0/s1.